The van der Waals surface area contributed by atoms with Crippen molar-refractivity contribution in [1.29, 1.82) is 0 Å². The summed E-state index contributed by atoms with van der Waals surface area (Å²) in [6, 6.07) is 0. The summed E-state index contributed by atoms with van der Waals surface area (Å²) in [5, 5.41) is 0.287. The first-order valence-corrected chi connectivity index (χ1v) is 3.97. The molecule has 0 saturated heterocycles. The van der Waals surface area contributed by atoms with E-state index in [1.807, 2.05) is 14.1 Å². The Balaban J connectivity index is 2.97. The van der Waals surface area contributed by atoms with Gasteiger partial charge in [0, 0.05) is 6.54 Å². The number of hydrazine groups is 1. The van der Waals surface area contributed by atoms with Gasteiger partial charge in [-0.1, -0.05) is 0 Å². The van der Waals surface area contributed by atoms with Crippen LogP contribution in [0.25, 0.3) is 0 Å². The molecule has 4 nitrogen and oxygen atoms in total. The van der Waals surface area contributed by atoms with Gasteiger partial charge in [-0.2, -0.15) is 0 Å². The predicted octanol–water partition coefficient (Wildman–Crippen LogP) is -0.724. The van der Waals surface area contributed by atoms with Crippen LogP contribution in [0.2, 0.25) is 0 Å². The van der Waals surface area contributed by atoms with E-state index < -0.39 is 0 Å². The Morgan fingerprint density at radius 2 is 2.18 bits per heavy atom. The van der Waals surface area contributed by atoms with Crippen molar-refractivity contribution in [3.8, 4) is 0 Å². The van der Waals surface area contributed by atoms with E-state index in [2.05, 4.69) is 28.0 Å². The average Bonchev–Trinajstić information content (AvgIpc) is 1.85. The molecule has 0 bridgehead atoms. The minimum absolute atomic E-state index is 0.287. The first-order chi connectivity index (χ1) is 5.13. The molecule has 0 saturated carbocycles. The second-order valence-corrected chi connectivity index (χ2v) is 3.01. The first-order valence-electron chi connectivity index (χ1n) is 3.56. The Morgan fingerprint density at radius 1 is 1.55 bits per heavy atom. The summed E-state index contributed by atoms with van der Waals surface area (Å²) in [5.41, 5.74) is 10.7. The maximum atomic E-state index is 5.18. The smallest absolute Gasteiger partial charge is 0.178 e. The molecule has 0 aromatic carbocycles. The molecule has 4 N–H and O–H groups in total. The Morgan fingerprint density at radius 3 is 2.64 bits per heavy atom. The summed E-state index contributed by atoms with van der Waals surface area (Å²) >= 11 is 4.59. The molecule has 0 aliphatic heterocycles. The van der Waals surface area contributed by atoms with Gasteiger partial charge in [0.1, 0.15) is 0 Å². The molecule has 0 amide bonds. The highest BCUT2D eigenvalue weighted by molar-refractivity contribution is 7.80. The third-order valence-electron chi connectivity index (χ3n) is 1.12. The van der Waals surface area contributed by atoms with Gasteiger partial charge in [0.15, 0.2) is 5.11 Å². The van der Waals surface area contributed by atoms with E-state index in [1.54, 1.807) is 0 Å². The van der Waals surface area contributed by atoms with Crippen molar-refractivity contribution in [2.24, 2.45) is 5.73 Å². The second-order valence-electron chi connectivity index (χ2n) is 2.57. The molecule has 0 unspecified atom stereocenters. The van der Waals surface area contributed by atoms with Gasteiger partial charge in [-0.05, 0) is 39.3 Å². The lowest BCUT2D eigenvalue weighted by atomic mass is 10.4. The van der Waals surface area contributed by atoms with Gasteiger partial charge in [0.2, 0.25) is 0 Å². The monoisotopic (exact) mass is 176 g/mol. The number of nitrogens with two attached hydrogens (primary N) is 1. The molecule has 66 valence electrons. The van der Waals surface area contributed by atoms with E-state index in [0.717, 1.165) is 19.5 Å². The highest BCUT2D eigenvalue weighted by atomic mass is 32.1. The molecular formula is C6H16N4S. The molecule has 0 atom stereocenters. The van der Waals surface area contributed by atoms with Crippen LogP contribution in [0, 0.1) is 0 Å². The van der Waals surface area contributed by atoms with Crippen molar-refractivity contribution in [2.75, 3.05) is 27.2 Å². The number of rotatable bonds is 5. The van der Waals surface area contributed by atoms with E-state index in [-0.39, 0.29) is 5.11 Å². The Labute approximate surface area is 73.1 Å². The number of hydrogen-bond acceptors (Lipinski definition) is 3. The molecule has 0 heterocycles. The van der Waals surface area contributed by atoms with Gasteiger partial charge < -0.3 is 10.6 Å². The van der Waals surface area contributed by atoms with Crippen LogP contribution in [0.5, 0.6) is 0 Å². The molecule has 0 aliphatic rings. The first kappa shape index (κ1) is 10.6. The molecule has 0 radical (unpaired) electrons. The van der Waals surface area contributed by atoms with Crippen LogP contribution in [-0.4, -0.2) is 37.2 Å². The zero-order chi connectivity index (χ0) is 8.69. The van der Waals surface area contributed by atoms with Crippen LogP contribution in [0.4, 0.5) is 0 Å². The summed E-state index contributed by atoms with van der Waals surface area (Å²) < 4.78 is 0. The minimum Gasteiger partial charge on any atom is -0.375 e. The predicted molar refractivity (Wildman–Crippen MR) is 51.1 cm³/mol. The van der Waals surface area contributed by atoms with Gasteiger partial charge in [0.25, 0.3) is 0 Å². The number of nitrogens with zero attached hydrogens (tertiary/aromatic N) is 1. The summed E-state index contributed by atoms with van der Waals surface area (Å²) in [6.45, 7) is 1.93. The second kappa shape index (κ2) is 6.33. The Bertz CT molecular complexity index is 115. The normalized spacial score (nSPS) is 10.1. The number of hydrogen-bond donors (Lipinski definition) is 3. The average molecular weight is 176 g/mol. The number of nitrogens with one attached hydrogen (secondary N) is 2. The van der Waals surface area contributed by atoms with Gasteiger partial charge in [0.05, 0.1) is 0 Å². The van der Waals surface area contributed by atoms with Crippen molar-refractivity contribution in [2.45, 2.75) is 6.42 Å². The van der Waals surface area contributed by atoms with E-state index in [0.29, 0.717) is 0 Å². The van der Waals surface area contributed by atoms with Crippen LogP contribution >= 0.6 is 12.2 Å². The molecule has 0 rings (SSSR count). The van der Waals surface area contributed by atoms with Gasteiger partial charge >= 0.3 is 0 Å². The van der Waals surface area contributed by atoms with E-state index in [9.17, 15) is 0 Å². The van der Waals surface area contributed by atoms with Crippen molar-refractivity contribution in [1.82, 2.24) is 15.8 Å². The third-order valence-corrected chi connectivity index (χ3v) is 1.22. The van der Waals surface area contributed by atoms with Crippen LogP contribution in [0.1, 0.15) is 6.42 Å². The van der Waals surface area contributed by atoms with Crippen LogP contribution in [-0.2, 0) is 0 Å². The Kier molecular flexibility index (Phi) is 6.10. The lowest BCUT2D eigenvalue weighted by Gasteiger charge is -2.09. The number of thiocarbonyl (C=S) groups is 1. The van der Waals surface area contributed by atoms with Crippen molar-refractivity contribution < 1.29 is 0 Å². The van der Waals surface area contributed by atoms with E-state index in [1.165, 1.54) is 0 Å². The van der Waals surface area contributed by atoms with Crippen molar-refractivity contribution >= 4 is 17.3 Å². The molecule has 0 aliphatic carbocycles. The van der Waals surface area contributed by atoms with Gasteiger partial charge in [-0.25, -0.2) is 5.43 Å². The lowest BCUT2D eigenvalue weighted by Crippen LogP contribution is -2.41. The standard InChI is InChI=1S/C6H16N4S/c1-10(2)5-3-4-8-9-6(7)11/h8H,3-5H2,1-2H3,(H3,7,9,11). The van der Waals surface area contributed by atoms with E-state index >= 15 is 0 Å². The largest absolute Gasteiger partial charge is 0.375 e. The Hall–Kier alpha value is -0.390. The maximum Gasteiger partial charge on any atom is 0.178 e. The summed E-state index contributed by atoms with van der Waals surface area (Å²) in [4.78, 5) is 2.13. The van der Waals surface area contributed by atoms with Crippen LogP contribution in [0.3, 0.4) is 0 Å². The zero-order valence-corrected chi connectivity index (χ0v) is 7.87. The topological polar surface area (TPSA) is 53.3 Å². The van der Waals surface area contributed by atoms with Gasteiger partial charge in [-0.15, -0.1) is 0 Å². The third kappa shape index (κ3) is 9.61. The molecule has 0 aromatic rings. The van der Waals surface area contributed by atoms with Crippen molar-refractivity contribution in [3.05, 3.63) is 0 Å². The minimum atomic E-state index is 0.287. The quantitative estimate of drug-likeness (QED) is 0.293. The lowest BCUT2D eigenvalue weighted by molar-refractivity contribution is 0.392. The molecule has 0 spiro atoms. The van der Waals surface area contributed by atoms with E-state index in [4.69, 9.17) is 5.73 Å². The molecule has 5 heteroatoms. The fourth-order valence-corrected chi connectivity index (χ4v) is 0.705. The highest BCUT2D eigenvalue weighted by Gasteiger charge is 1.89. The molecular weight excluding hydrogens is 160 g/mol. The van der Waals surface area contributed by atoms with Crippen LogP contribution < -0.4 is 16.6 Å². The maximum absolute atomic E-state index is 5.18. The SMILES string of the molecule is CN(C)CCCNNC(N)=S. The fraction of sp³-hybridized carbons (Fsp3) is 0.833. The summed E-state index contributed by atoms with van der Waals surface area (Å²) in [5.74, 6) is 0. The zero-order valence-electron chi connectivity index (χ0n) is 7.05. The molecule has 11 heavy (non-hydrogen) atoms. The van der Waals surface area contributed by atoms with Crippen molar-refractivity contribution in [3.63, 3.8) is 0 Å². The van der Waals surface area contributed by atoms with Gasteiger partial charge in [-0.3, -0.25) is 5.43 Å². The fourth-order valence-electron chi connectivity index (χ4n) is 0.633. The highest BCUT2D eigenvalue weighted by Crippen LogP contribution is 1.78. The summed E-state index contributed by atoms with van der Waals surface area (Å²) in [7, 11) is 4.09. The molecule has 0 fully saturated rings. The summed E-state index contributed by atoms with van der Waals surface area (Å²) in [6.07, 6.45) is 1.07. The van der Waals surface area contributed by atoms with Crippen LogP contribution in [0.15, 0.2) is 0 Å². The molecule has 0 aromatic heterocycles.